The number of nitrogens with zero attached hydrogens (tertiary/aromatic N) is 3. The van der Waals surface area contributed by atoms with E-state index < -0.39 is 0 Å². The van der Waals surface area contributed by atoms with Gasteiger partial charge in [0.2, 0.25) is 5.95 Å². The predicted molar refractivity (Wildman–Crippen MR) is 80.9 cm³/mol. The van der Waals surface area contributed by atoms with Gasteiger partial charge in [-0.15, -0.1) is 0 Å². The largest absolute Gasteiger partial charge is 0.368 e. The normalized spacial score (nSPS) is 16.4. The van der Waals surface area contributed by atoms with Crippen LogP contribution in [0, 0.1) is 5.92 Å². The second-order valence-electron chi connectivity index (χ2n) is 5.47. The van der Waals surface area contributed by atoms with Crippen LogP contribution in [-0.2, 0) is 0 Å². The third-order valence-corrected chi connectivity index (χ3v) is 4.08. The zero-order valence-electron chi connectivity index (χ0n) is 11.9. The van der Waals surface area contributed by atoms with Crippen LogP contribution in [0.5, 0.6) is 0 Å². The van der Waals surface area contributed by atoms with Crippen molar-refractivity contribution in [3.05, 3.63) is 6.33 Å². The molecule has 6 heteroatoms. The van der Waals surface area contributed by atoms with E-state index in [-0.39, 0.29) is 0 Å². The lowest BCUT2D eigenvalue weighted by Crippen LogP contribution is -2.13. The van der Waals surface area contributed by atoms with Crippen LogP contribution in [0.25, 0.3) is 11.2 Å². The Hall–Kier alpha value is -1.85. The van der Waals surface area contributed by atoms with Crippen LogP contribution in [-0.4, -0.2) is 33.5 Å². The molecule has 0 saturated heterocycles. The van der Waals surface area contributed by atoms with Gasteiger partial charge in [0.05, 0.1) is 6.33 Å². The molecule has 0 unspecified atom stereocenters. The maximum atomic E-state index is 4.47. The zero-order valence-corrected chi connectivity index (χ0v) is 11.9. The molecule has 0 spiro atoms. The van der Waals surface area contributed by atoms with Crippen molar-refractivity contribution in [2.45, 2.75) is 38.5 Å². The lowest BCUT2D eigenvalue weighted by Gasteiger charge is -2.21. The van der Waals surface area contributed by atoms with Crippen molar-refractivity contribution in [3.63, 3.8) is 0 Å². The SMILES string of the molecule is CNc1nc(NCCC2CCCCC2)c2[nH]cnc2n1. The van der Waals surface area contributed by atoms with E-state index >= 15 is 0 Å². The molecule has 1 aliphatic carbocycles. The first-order chi connectivity index (χ1) is 9.86. The molecule has 3 N–H and O–H groups in total. The summed E-state index contributed by atoms with van der Waals surface area (Å²) in [6, 6.07) is 0. The molecule has 1 aliphatic rings. The van der Waals surface area contributed by atoms with E-state index in [1.54, 1.807) is 6.33 Å². The minimum atomic E-state index is 0.602. The van der Waals surface area contributed by atoms with Gasteiger partial charge >= 0.3 is 0 Å². The molecule has 0 atom stereocenters. The molecule has 2 heterocycles. The summed E-state index contributed by atoms with van der Waals surface area (Å²) in [7, 11) is 1.82. The number of imidazole rings is 1. The maximum absolute atomic E-state index is 4.47. The van der Waals surface area contributed by atoms with Gasteiger partial charge in [-0.3, -0.25) is 0 Å². The quantitative estimate of drug-likeness (QED) is 0.781. The van der Waals surface area contributed by atoms with E-state index in [4.69, 9.17) is 0 Å². The molecule has 2 aromatic rings. The van der Waals surface area contributed by atoms with Gasteiger partial charge in [0.15, 0.2) is 11.5 Å². The first-order valence-corrected chi connectivity index (χ1v) is 7.49. The highest BCUT2D eigenvalue weighted by molar-refractivity contribution is 5.83. The number of anilines is 2. The number of rotatable bonds is 5. The zero-order chi connectivity index (χ0) is 13.8. The second kappa shape index (κ2) is 6.07. The van der Waals surface area contributed by atoms with E-state index in [0.29, 0.717) is 11.6 Å². The van der Waals surface area contributed by atoms with Crippen molar-refractivity contribution >= 4 is 22.9 Å². The molecule has 6 nitrogen and oxygen atoms in total. The second-order valence-corrected chi connectivity index (χ2v) is 5.47. The molecule has 0 bridgehead atoms. The van der Waals surface area contributed by atoms with Crippen LogP contribution in [0.2, 0.25) is 0 Å². The van der Waals surface area contributed by atoms with Crippen molar-refractivity contribution < 1.29 is 0 Å². The number of nitrogens with one attached hydrogen (secondary N) is 3. The lowest BCUT2D eigenvalue weighted by molar-refractivity contribution is 0.345. The van der Waals surface area contributed by atoms with Gasteiger partial charge in [0.1, 0.15) is 5.52 Å². The minimum Gasteiger partial charge on any atom is -0.368 e. The molecule has 0 aliphatic heterocycles. The average Bonchev–Trinajstić information content (AvgIpc) is 2.96. The first kappa shape index (κ1) is 13.1. The fourth-order valence-electron chi connectivity index (χ4n) is 2.94. The Kier molecular flexibility index (Phi) is 3.99. The molecule has 1 fully saturated rings. The van der Waals surface area contributed by atoms with Crippen molar-refractivity contribution in [3.8, 4) is 0 Å². The number of aromatic nitrogens is 4. The van der Waals surface area contributed by atoms with Crippen LogP contribution >= 0.6 is 0 Å². The molecule has 20 heavy (non-hydrogen) atoms. The highest BCUT2D eigenvalue weighted by Crippen LogP contribution is 2.26. The molecule has 3 rings (SSSR count). The van der Waals surface area contributed by atoms with E-state index in [2.05, 4.69) is 30.6 Å². The van der Waals surface area contributed by atoms with E-state index in [1.807, 2.05) is 7.05 Å². The maximum Gasteiger partial charge on any atom is 0.226 e. The summed E-state index contributed by atoms with van der Waals surface area (Å²) >= 11 is 0. The van der Waals surface area contributed by atoms with Gasteiger partial charge in [0, 0.05) is 13.6 Å². The summed E-state index contributed by atoms with van der Waals surface area (Å²) in [6.45, 7) is 0.957. The van der Waals surface area contributed by atoms with Crippen molar-refractivity contribution in [2.75, 3.05) is 24.2 Å². The summed E-state index contributed by atoms with van der Waals surface area (Å²) < 4.78 is 0. The molecule has 2 aromatic heterocycles. The Balaban J connectivity index is 1.65. The smallest absolute Gasteiger partial charge is 0.226 e. The Labute approximate surface area is 118 Å². The van der Waals surface area contributed by atoms with Crippen LogP contribution < -0.4 is 10.6 Å². The highest BCUT2D eigenvalue weighted by atomic mass is 15.2. The van der Waals surface area contributed by atoms with E-state index in [0.717, 1.165) is 23.8 Å². The number of aromatic amines is 1. The average molecular weight is 274 g/mol. The Morgan fingerprint density at radius 3 is 2.90 bits per heavy atom. The lowest BCUT2D eigenvalue weighted by atomic mass is 9.87. The van der Waals surface area contributed by atoms with Crippen LogP contribution in [0.1, 0.15) is 38.5 Å². The fraction of sp³-hybridized carbons (Fsp3) is 0.643. The number of hydrogen-bond acceptors (Lipinski definition) is 5. The molecule has 108 valence electrons. The van der Waals surface area contributed by atoms with Gasteiger partial charge in [-0.25, -0.2) is 4.98 Å². The number of H-pyrrole nitrogens is 1. The van der Waals surface area contributed by atoms with Gasteiger partial charge in [0.25, 0.3) is 0 Å². The topological polar surface area (TPSA) is 78.5 Å². The Morgan fingerprint density at radius 2 is 2.10 bits per heavy atom. The monoisotopic (exact) mass is 274 g/mol. The summed E-state index contributed by atoms with van der Waals surface area (Å²) in [5.41, 5.74) is 1.58. The standard InChI is InChI=1S/C14H22N6/c1-15-14-19-12(11-13(20-14)18-9-17-11)16-8-7-10-5-3-2-4-6-10/h9-10H,2-8H2,1H3,(H3,15,16,17,18,19,20). The summed E-state index contributed by atoms with van der Waals surface area (Å²) in [5.74, 6) is 2.32. The van der Waals surface area contributed by atoms with Crippen molar-refractivity contribution in [1.29, 1.82) is 0 Å². The Morgan fingerprint density at radius 1 is 1.25 bits per heavy atom. The molecule has 0 radical (unpaired) electrons. The van der Waals surface area contributed by atoms with Crippen molar-refractivity contribution in [2.24, 2.45) is 5.92 Å². The van der Waals surface area contributed by atoms with Crippen LogP contribution in [0.3, 0.4) is 0 Å². The molecule has 1 saturated carbocycles. The number of fused-ring (bicyclic) bond motifs is 1. The van der Waals surface area contributed by atoms with Crippen LogP contribution in [0.15, 0.2) is 6.33 Å². The van der Waals surface area contributed by atoms with Gasteiger partial charge in [-0.05, 0) is 12.3 Å². The Bertz CT molecular complexity index is 558. The van der Waals surface area contributed by atoms with Crippen molar-refractivity contribution in [1.82, 2.24) is 19.9 Å². The van der Waals surface area contributed by atoms with E-state index in [9.17, 15) is 0 Å². The van der Waals surface area contributed by atoms with Crippen LogP contribution in [0.4, 0.5) is 11.8 Å². The van der Waals surface area contributed by atoms with E-state index in [1.165, 1.54) is 38.5 Å². The number of hydrogen-bond donors (Lipinski definition) is 3. The highest BCUT2D eigenvalue weighted by Gasteiger charge is 2.14. The minimum absolute atomic E-state index is 0.602. The molecular weight excluding hydrogens is 252 g/mol. The fourth-order valence-corrected chi connectivity index (χ4v) is 2.94. The molecule has 0 aromatic carbocycles. The van der Waals surface area contributed by atoms with Gasteiger partial charge in [-0.2, -0.15) is 9.97 Å². The predicted octanol–water partition coefficient (Wildman–Crippen LogP) is 2.78. The third kappa shape index (κ3) is 2.84. The molecular formula is C14H22N6. The molecule has 0 amide bonds. The summed E-state index contributed by atoms with van der Waals surface area (Å²) in [6.07, 6.45) is 9.84. The first-order valence-electron chi connectivity index (χ1n) is 7.49. The van der Waals surface area contributed by atoms with Gasteiger partial charge < -0.3 is 15.6 Å². The third-order valence-electron chi connectivity index (χ3n) is 4.08. The summed E-state index contributed by atoms with van der Waals surface area (Å²) in [5, 5.41) is 6.41. The van der Waals surface area contributed by atoms with Gasteiger partial charge in [-0.1, -0.05) is 32.1 Å². The summed E-state index contributed by atoms with van der Waals surface area (Å²) in [4.78, 5) is 16.1.